The van der Waals surface area contributed by atoms with Gasteiger partial charge in [-0.25, -0.2) is 0 Å². The maximum atomic E-state index is 4.06. The van der Waals surface area contributed by atoms with Crippen LogP contribution in [0.4, 0.5) is 0 Å². The highest BCUT2D eigenvalue weighted by molar-refractivity contribution is 5.32. The summed E-state index contributed by atoms with van der Waals surface area (Å²) in [5.74, 6) is 0. The van der Waals surface area contributed by atoms with Crippen molar-refractivity contribution in [1.29, 1.82) is 0 Å². The molecule has 2 rings (SSSR count). The molecule has 0 atom stereocenters. The van der Waals surface area contributed by atoms with Gasteiger partial charge in [-0.3, -0.25) is 4.98 Å². The van der Waals surface area contributed by atoms with Crippen molar-refractivity contribution >= 4 is 0 Å². The van der Waals surface area contributed by atoms with E-state index < -0.39 is 0 Å². The molecule has 0 fully saturated rings. The Hall–Kier alpha value is -1.67. The van der Waals surface area contributed by atoms with Gasteiger partial charge in [0.15, 0.2) is 0 Å². The summed E-state index contributed by atoms with van der Waals surface area (Å²) in [4.78, 5) is 4.06. The lowest BCUT2D eigenvalue weighted by molar-refractivity contribution is 0.672. The zero-order valence-corrected chi connectivity index (χ0v) is 10.9. The summed E-state index contributed by atoms with van der Waals surface area (Å²) in [7, 11) is 0. The molecule has 0 bridgehead atoms. The summed E-state index contributed by atoms with van der Waals surface area (Å²) in [5.41, 5.74) is 4.10. The molecule has 0 radical (unpaired) electrons. The smallest absolute Gasteiger partial charge is 0.0270 e. The summed E-state index contributed by atoms with van der Waals surface area (Å²) in [5, 5.41) is 3.47. The van der Waals surface area contributed by atoms with E-state index in [1.165, 1.54) is 23.1 Å². The Bertz CT molecular complexity index is 466. The van der Waals surface area contributed by atoms with Crippen LogP contribution in [0.3, 0.4) is 0 Å². The predicted octanol–water partition coefficient (Wildman–Crippen LogP) is 3.17. The number of nitrogens with zero attached hydrogens (tertiary/aromatic N) is 1. The monoisotopic (exact) mass is 240 g/mol. The minimum atomic E-state index is 0.953. The van der Waals surface area contributed by atoms with Gasteiger partial charge in [-0.1, -0.05) is 31.2 Å². The van der Waals surface area contributed by atoms with E-state index >= 15 is 0 Å². The van der Waals surface area contributed by atoms with Crippen molar-refractivity contribution in [3.63, 3.8) is 0 Å². The van der Waals surface area contributed by atoms with Crippen molar-refractivity contribution < 1.29 is 0 Å². The first-order valence-corrected chi connectivity index (χ1v) is 6.56. The molecule has 2 aromatic rings. The van der Waals surface area contributed by atoms with Crippen LogP contribution >= 0.6 is 0 Å². The third kappa shape index (κ3) is 3.67. The Morgan fingerprint density at radius 3 is 2.44 bits per heavy atom. The van der Waals surface area contributed by atoms with E-state index in [1.54, 1.807) is 0 Å². The van der Waals surface area contributed by atoms with Gasteiger partial charge in [-0.15, -0.1) is 0 Å². The molecule has 0 saturated heterocycles. The molecular formula is C16H20N2. The van der Waals surface area contributed by atoms with Crippen molar-refractivity contribution in [3.8, 4) is 0 Å². The highest BCUT2D eigenvalue weighted by Crippen LogP contribution is 2.13. The molecule has 1 heterocycles. The maximum Gasteiger partial charge on any atom is 0.0270 e. The zero-order valence-electron chi connectivity index (χ0n) is 10.9. The molecular weight excluding hydrogens is 220 g/mol. The second-order valence-electron chi connectivity index (χ2n) is 4.48. The molecule has 0 unspecified atom stereocenters. The van der Waals surface area contributed by atoms with E-state index in [2.05, 4.69) is 53.6 Å². The topological polar surface area (TPSA) is 24.9 Å². The first kappa shape index (κ1) is 12.8. The third-order valence-electron chi connectivity index (χ3n) is 3.00. The van der Waals surface area contributed by atoms with E-state index in [0.29, 0.717) is 0 Å². The van der Waals surface area contributed by atoms with Gasteiger partial charge in [-0.2, -0.15) is 0 Å². The van der Waals surface area contributed by atoms with E-state index in [1.807, 2.05) is 12.4 Å². The Labute approximate surface area is 109 Å². The van der Waals surface area contributed by atoms with Crippen LogP contribution in [0.15, 0.2) is 48.8 Å². The normalized spacial score (nSPS) is 10.5. The van der Waals surface area contributed by atoms with Crippen molar-refractivity contribution in [2.45, 2.75) is 26.3 Å². The van der Waals surface area contributed by atoms with Gasteiger partial charge in [0.25, 0.3) is 0 Å². The van der Waals surface area contributed by atoms with Gasteiger partial charge in [0.1, 0.15) is 0 Å². The number of aromatic nitrogens is 1. The number of benzene rings is 1. The predicted molar refractivity (Wildman–Crippen MR) is 75.5 cm³/mol. The van der Waals surface area contributed by atoms with Gasteiger partial charge >= 0.3 is 0 Å². The Kier molecular flexibility index (Phi) is 4.91. The molecule has 2 nitrogen and oxygen atoms in total. The summed E-state index contributed by atoms with van der Waals surface area (Å²) < 4.78 is 0. The minimum absolute atomic E-state index is 0.953. The molecule has 0 amide bonds. The van der Waals surface area contributed by atoms with Gasteiger partial charge in [0, 0.05) is 18.9 Å². The number of pyridine rings is 1. The SMILES string of the molecule is CCCNCc1ccccc1Cc1ccncc1. The lowest BCUT2D eigenvalue weighted by atomic mass is 10.0. The van der Waals surface area contributed by atoms with Crippen LogP contribution in [-0.4, -0.2) is 11.5 Å². The Morgan fingerprint density at radius 2 is 1.72 bits per heavy atom. The molecule has 0 saturated carbocycles. The van der Waals surface area contributed by atoms with Crippen molar-refractivity contribution in [1.82, 2.24) is 10.3 Å². The summed E-state index contributed by atoms with van der Waals surface area (Å²) in [6, 6.07) is 12.8. The molecule has 0 aliphatic rings. The molecule has 1 aromatic heterocycles. The summed E-state index contributed by atoms with van der Waals surface area (Å²) in [6.07, 6.45) is 5.86. The minimum Gasteiger partial charge on any atom is -0.313 e. The maximum absolute atomic E-state index is 4.06. The molecule has 0 aliphatic heterocycles. The molecule has 94 valence electrons. The van der Waals surface area contributed by atoms with Crippen LogP contribution in [0.5, 0.6) is 0 Å². The van der Waals surface area contributed by atoms with E-state index in [4.69, 9.17) is 0 Å². The van der Waals surface area contributed by atoms with E-state index in [0.717, 1.165) is 19.5 Å². The Balaban J connectivity index is 2.07. The quantitative estimate of drug-likeness (QED) is 0.784. The fourth-order valence-electron chi connectivity index (χ4n) is 2.02. The average molecular weight is 240 g/mol. The highest BCUT2D eigenvalue weighted by Gasteiger charge is 2.02. The molecule has 1 N–H and O–H groups in total. The molecule has 2 heteroatoms. The first-order valence-electron chi connectivity index (χ1n) is 6.56. The van der Waals surface area contributed by atoms with Crippen molar-refractivity contribution in [3.05, 3.63) is 65.5 Å². The molecule has 0 spiro atoms. The molecule has 0 aliphatic carbocycles. The van der Waals surface area contributed by atoms with Crippen molar-refractivity contribution in [2.24, 2.45) is 0 Å². The summed E-state index contributed by atoms with van der Waals surface area (Å²) in [6.45, 7) is 4.22. The largest absolute Gasteiger partial charge is 0.313 e. The lowest BCUT2D eigenvalue weighted by Crippen LogP contribution is -2.15. The number of rotatable bonds is 6. The number of nitrogens with one attached hydrogen (secondary N) is 1. The number of hydrogen-bond donors (Lipinski definition) is 1. The van der Waals surface area contributed by atoms with Crippen LogP contribution in [0, 0.1) is 0 Å². The van der Waals surface area contributed by atoms with Gasteiger partial charge in [0.2, 0.25) is 0 Å². The fourth-order valence-corrected chi connectivity index (χ4v) is 2.02. The molecule has 18 heavy (non-hydrogen) atoms. The van der Waals surface area contributed by atoms with Crippen LogP contribution in [-0.2, 0) is 13.0 Å². The average Bonchev–Trinajstić information content (AvgIpc) is 2.42. The Morgan fingerprint density at radius 1 is 1.00 bits per heavy atom. The zero-order chi connectivity index (χ0) is 12.6. The first-order chi connectivity index (χ1) is 8.90. The molecule has 1 aromatic carbocycles. The van der Waals surface area contributed by atoms with E-state index in [-0.39, 0.29) is 0 Å². The standard InChI is InChI=1S/C16H20N2/c1-2-9-18-13-16-6-4-3-5-15(16)12-14-7-10-17-11-8-14/h3-8,10-11,18H,2,9,12-13H2,1H3. The van der Waals surface area contributed by atoms with Crippen LogP contribution in [0.2, 0.25) is 0 Å². The second-order valence-corrected chi connectivity index (χ2v) is 4.48. The third-order valence-corrected chi connectivity index (χ3v) is 3.00. The number of hydrogen-bond acceptors (Lipinski definition) is 2. The van der Waals surface area contributed by atoms with Gasteiger partial charge in [-0.05, 0) is 48.2 Å². The van der Waals surface area contributed by atoms with Gasteiger partial charge in [0.05, 0.1) is 0 Å². The van der Waals surface area contributed by atoms with Crippen LogP contribution < -0.4 is 5.32 Å². The van der Waals surface area contributed by atoms with Gasteiger partial charge < -0.3 is 5.32 Å². The fraction of sp³-hybridized carbons (Fsp3) is 0.312. The van der Waals surface area contributed by atoms with Crippen LogP contribution in [0.1, 0.15) is 30.0 Å². The summed E-state index contributed by atoms with van der Waals surface area (Å²) >= 11 is 0. The lowest BCUT2D eigenvalue weighted by Gasteiger charge is -2.10. The van der Waals surface area contributed by atoms with Crippen molar-refractivity contribution in [2.75, 3.05) is 6.54 Å². The second kappa shape index (κ2) is 6.92. The van der Waals surface area contributed by atoms with Crippen LogP contribution in [0.25, 0.3) is 0 Å². The van der Waals surface area contributed by atoms with E-state index in [9.17, 15) is 0 Å². The highest BCUT2D eigenvalue weighted by atomic mass is 14.8.